The van der Waals surface area contributed by atoms with Crippen LogP contribution in [0.4, 0.5) is 5.82 Å². The van der Waals surface area contributed by atoms with Crippen LogP contribution in [0.3, 0.4) is 0 Å². The van der Waals surface area contributed by atoms with Crippen LogP contribution in [0, 0.1) is 0 Å². The van der Waals surface area contributed by atoms with Crippen LogP contribution in [-0.2, 0) is 13.0 Å². The second kappa shape index (κ2) is 5.94. The number of anilines is 1. The summed E-state index contributed by atoms with van der Waals surface area (Å²) in [6.45, 7) is 2.25. The summed E-state index contributed by atoms with van der Waals surface area (Å²) in [4.78, 5) is 20.0. The van der Waals surface area contributed by atoms with Crippen molar-refractivity contribution in [2.45, 2.75) is 26.3 Å². The smallest absolute Gasteiger partial charge is 0.251 e. The molecule has 0 atom stereocenters. The molecule has 2 aromatic heterocycles. The first-order valence-electron chi connectivity index (χ1n) is 5.99. The van der Waals surface area contributed by atoms with E-state index < -0.39 is 0 Å². The SMILES string of the molecule is CCCc1cc(C(=O)NCc2ncon2)cc(N)n1. The molecule has 0 bridgehead atoms. The predicted octanol–water partition coefficient (Wildman–Crippen LogP) is 0.929. The monoisotopic (exact) mass is 261 g/mol. The summed E-state index contributed by atoms with van der Waals surface area (Å²) in [5.41, 5.74) is 6.99. The Hall–Kier alpha value is -2.44. The van der Waals surface area contributed by atoms with Gasteiger partial charge in [0.1, 0.15) is 5.82 Å². The van der Waals surface area contributed by atoms with Gasteiger partial charge in [-0.2, -0.15) is 4.98 Å². The number of carbonyl (C=O) groups excluding carboxylic acids is 1. The molecule has 3 N–H and O–H groups in total. The molecule has 2 aromatic rings. The fourth-order valence-corrected chi connectivity index (χ4v) is 1.66. The number of aryl methyl sites for hydroxylation is 1. The van der Waals surface area contributed by atoms with Gasteiger partial charge in [-0.05, 0) is 18.6 Å². The average molecular weight is 261 g/mol. The second-order valence-electron chi connectivity index (χ2n) is 4.05. The Labute approximate surface area is 110 Å². The van der Waals surface area contributed by atoms with E-state index in [1.807, 2.05) is 6.92 Å². The first kappa shape index (κ1) is 13.0. The number of nitrogen functional groups attached to an aromatic ring is 1. The molecule has 2 heterocycles. The lowest BCUT2D eigenvalue weighted by Crippen LogP contribution is -2.23. The number of nitrogens with zero attached hydrogens (tertiary/aromatic N) is 3. The second-order valence-corrected chi connectivity index (χ2v) is 4.05. The molecule has 19 heavy (non-hydrogen) atoms. The Balaban J connectivity index is 2.05. The van der Waals surface area contributed by atoms with Gasteiger partial charge in [-0.3, -0.25) is 4.79 Å². The molecule has 0 aliphatic heterocycles. The molecule has 0 spiro atoms. The van der Waals surface area contributed by atoms with Crippen LogP contribution in [0.5, 0.6) is 0 Å². The number of amides is 1. The van der Waals surface area contributed by atoms with E-state index in [1.54, 1.807) is 12.1 Å². The third kappa shape index (κ3) is 3.51. The molecule has 0 aliphatic carbocycles. The quantitative estimate of drug-likeness (QED) is 0.829. The standard InChI is InChI=1S/C12H15N5O2/c1-2-3-9-4-8(5-10(13)16-9)12(18)14-6-11-15-7-19-17-11/h4-5,7H,2-3,6H2,1H3,(H2,13,16)(H,14,18). The lowest BCUT2D eigenvalue weighted by molar-refractivity contribution is 0.0949. The fraction of sp³-hybridized carbons (Fsp3) is 0.333. The van der Waals surface area contributed by atoms with Gasteiger partial charge in [-0.25, -0.2) is 4.98 Å². The number of hydrogen-bond acceptors (Lipinski definition) is 6. The van der Waals surface area contributed by atoms with Gasteiger partial charge in [0.2, 0.25) is 6.39 Å². The zero-order chi connectivity index (χ0) is 13.7. The van der Waals surface area contributed by atoms with Crippen molar-refractivity contribution in [1.82, 2.24) is 20.4 Å². The molecule has 0 radical (unpaired) electrons. The Morgan fingerprint density at radius 1 is 1.47 bits per heavy atom. The lowest BCUT2D eigenvalue weighted by Gasteiger charge is -2.06. The number of carbonyl (C=O) groups is 1. The molecule has 7 nitrogen and oxygen atoms in total. The number of hydrogen-bond donors (Lipinski definition) is 2. The molecule has 0 saturated heterocycles. The molecule has 0 aromatic carbocycles. The molecule has 0 aliphatic rings. The summed E-state index contributed by atoms with van der Waals surface area (Å²) >= 11 is 0. The van der Waals surface area contributed by atoms with Crippen LogP contribution < -0.4 is 11.1 Å². The van der Waals surface area contributed by atoms with Crippen molar-refractivity contribution in [3.05, 3.63) is 35.6 Å². The van der Waals surface area contributed by atoms with Crippen molar-refractivity contribution in [3.63, 3.8) is 0 Å². The Morgan fingerprint density at radius 2 is 2.32 bits per heavy atom. The molecule has 100 valence electrons. The van der Waals surface area contributed by atoms with Crippen LogP contribution in [0.25, 0.3) is 0 Å². The van der Waals surface area contributed by atoms with Crippen molar-refractivity contribution in [2.75, 3.05) is 5.73 Å². The highest BCUT2D eigenvalue weighted by Gasteiger charge is 2.09. The molecule has 0 saturated carbocycles. The Kier molecular flexibility index (Phi) is 4.07. The van der Waals surface area contributed by atoms with E-state index >= 15 is 0 Å². The largest absolute Gasteiger partial charge is 0.384 e. The highest BCUT2D eigenvalue weighted by atomic mass is 16.5. The van der Waals surface area contributed by atoms with Crippen molar-refractivity contribution < 1.29 is 9.32 Å². The van der Waals surface area contributed by atoms with Crippen molar-refractivity contribution >= 4 is 11.7 Å². The number of pyridine rings is 1. The van der Waals surface area contributed by atoms with Gasteiger partial charge in [0.15, 0.2) is 5.82 Å². The molecule has 0 unspecified atom stereocenters. The van der Waals surface area contributed by atoms with Crippen LogP contribution in [0.1, 0.15) is 35.2 Å². The van der Waals surface area contributed by atoms with Crippen LogP contribution in [0.15, 0.2) is 23.0 Å². The molecule has 2 rings (SSSR count). The van der Waals surface area contributed by atoms with Crippen molar-refractivity contribution in [2.24, 2.45) is 0 Å². The Bertz CT molecular complexity index is 553. The van der Waals surface area contributed by atoms with Gasteiger partial charge in [0.05, 0.1) is 6.54 Å². The molecule has 0 fully saturated rings. The number of nitrogens with two attached hydrogens (primary N) is 1. The van der Waals surface area contributed by atoms with E-state index in [4.69, 9.17) is 5.73 Å². The van der Waals surface area contributed by atoms with Crippen molar-refractivity contribution in [3.8, 4) is 0 Å². The maximum absolute atomic E-state index is 12.0. The van der Waals surface area contributed by atoms with E-state index in [2.05, 4.69) is 25.0 Å². The van der Waals surface area contributed by atoms with E-state index in [-0.39, 0.29) is 12.5 Å². The first-order valence-corrected chi connectivity index (χ1v) is 5.99. The average Bonchev–Trinajstić information content (AvgIpc) is 2.88. The minimum Gasteiger partial charge on any atom is -0.384 e. The summed E-state index contributed by atoms with van der Waals surface area (Å²) in [5.74, 6) is 0.524. The zero-order valence-corrected chi connectivity index (χ0v) is 10.6. The van der Waals surface area contributed by atoms with Gasteiger partial charge in [-0.1, -0.05) is 18.5 Å². The molecule has 7 heteroatoms. The highest BCUT2D eigenvalue weighted by Crippen LogP contribution is 2.09. The third-order valence-corrected chi connectivity index (χ3v) is 2.48. The summed E-state index contributed by atoms with van der Waals surface area (Å²) in [5, 5.41) is 6.30. The van der Waals surface area contributed by atoms with Crippen LogP contribution in [0.2, 0.25) is 0 Å². The van der Waals surface area contributed by atoms with Gasteiger partial charge >= 0.3 is 0 Å². The lowest BCUT2D eigenvalue weighted by atomic mass is 10.1. The molecular formula is C12H15N5O2. The minimum atomic E-state index is -0.240. The maximum atomic E-state index is 12.0. The Morgan fingerprint density at radius 3 is 3.00 bits per heavy atom. The summed E-state index contributed by atoms with van der Waals surface area (Å²) in [7, 11) is 0. The van der Waals surface area contributed by atoms with Crippen LogP contribution >= 0.6 is 0 Å². The molecule has 1 amide bonds. The minimum absolute atomic E-state index is 0.209. The van der Waals surface area contributed by atoms with E-state index in [0.29, 0.717) is 17.2 Å². The highest BCUT2D eigenvalue weighted by molar-refractivity contribution is 5.94. The first-order chi connectivity index (χ1) is 9.19. The fourth-order valence-electron chi connectivity index (χ4n) is 1.66. The van der Waals surface area contributed by atoms with E-state index in [1.165, 1.54) is 6.39 Å². The van der Waals surface area contributed by atoms with Crippen LogP contribution in [-0.4, -0.2) is 21.0 Å². The number of nitrogens with one attached hydrogen (secondary N) is 1. The summed E-state index contributed by atoms with van der Waals surface area (Å²) in [6.07, 6.45) is 2.95. The normalized spacial score (nSPS) is 10.4. The molecular weight excluding hydrogens is 246 g/mol. The van der Waals surface area contributed by atoms with E-state index in [9.17, 15) is 4.79 Å². The van der Waals surface area contributed by atoms with E-state index in [0.717, 1.165) is 18.5 Å². The third-order valence-electron chi connectivity index (χ3n) is 2.48. The maximum Gasteiger partial charge on any atom is 0.251 e. The summed E-state index contributed by atoms with van der Waals surface area (Å²) in [6, 6.07) is 3.29. The number of aromatic nitrogens is 3. The van der Waals surface area contributed by atoms with Gasteiger partial charge < -0.3 is 15.6 Å². The van der Waals surface area contributed by atoms with Gasteiger partial charge in [0, 0.05) is 11.3 Å². The van der Waals surface area contributed by atoms with Gasteiger partial charge in [0.25, 0.3) is 5.91 Å². The summed E-state index contributed by atoms with van der Waals surface area (Å²) < 4.78 is 4.58. The predicted molar refractivity (Wildman–Crippen MR) is 68.1 cm³/mol. The van der Waals surface area contributed by atoms with Crippen molar-refractivity contribution in [1.29, 1.82) is 0 Å². The zero-order valence-electron chi connectivity index (χ0n) is 10.6. The topological polar surface area (TPSA) is 107 Å². The number of rotatable bonds is 5. The van der Waals surface area contributed by atoms with Gasteiger partial charge in [-0.15, -0.1) is 0 Å².